The zero-order valence-electron chi connectivity index (χ0n) is 12.2. The van der Waals surface area contributed by atoms with Crippen molar-refractivity contribution in [3.8, 4) is 0 Å². The van der Waals surface area contributed by atoms with Gasteiger partial charge in [0.2, 0.25) is 11.8 Å². The summed E-state index contributed by atoms with van der Waals surface area (Å²) in [4.78, 5) is 0. The van der Waals surface area contributed by atoms with Crippen molar-refractivity contribution in [1.29, 1.82) is 0 Å². The van der Waals surface area contributed by atoms with Gasteiger partial charge in [-0.3, -0.25) is 0 Å². The van der Waals surface area contributed by atoms with E-state index in [1.807, 2.05) is 7.05 Å². The van der Waals surface area contributed by atoms with Gasteiger partial charge in [-0.25, -0.2) is 0 Å². The van der Waals surface area contributed by atoms with Crippen molar-refractivity contribution in [3.05, 3.63) is 59.8 Å². The van der Waals surface area contributed by atoms with Crippen LogP contribution in [0.25, 0.3) is 10.8 Å². The molecule has 1 aromatic heterocycles. The van der Waals surface area contributed by atoms with E-state index in [0.29, 0.717) is 12.3 Å². The maximum absolute atomic E-state index is 5.70. The van der Waals surface area contributed by atoms with Crippen molar-refractivity contribution < 1.29 is 4.42 Å². The molecular weight excluding hydrogens is 262 g/mol. The van der Waals surface area contributed by atoms with Crippen molar-refractivity contribution in [2.75, 3.05) is 13.6 Å². The van der Waals surface area contributed by atoms with E-state index in [9.17, 15) is 0 Å². The Kier molecular flexibility index (Phi) is 4.26. The lowest BCUT2D eigenvalue weighted by Gasteiger charge is -2.01. The first-order chi connectivity index (χ1) is 10.3. The van der Waals surface area contributed by atoms with E-state index >= 15 is 0 Å². The minimum Gasteiger partial charge on any atom is -0.425 e. The second-order valence-corrected chi connectivity index (χ2v) is 5.15. The van der Waals surface area contributed by atoms with Crippen molar-refractivity contribution in [1.82, 2.24) is 15.5 Å². The molecule has 3 aromatic rings. The largest absolute Gasteiger partial charge is 0.425 e. The molecule has 0 amide bonds. The quantitative estimate of drug-likeness (QED) is 0.706. The number of hydrogen-bond donors (Lipinski definition) is 1. The molecule has 0 radical (unpaired) electrons. The van der Waals surface area contributed by atoms with Crippen LogP contribution in [-0.2, 0) is 12.8 Å². The number of fused-ring (bicyclic) bond motifs is 1. The lowest BCUT2D eigenvalue weighted by molar-refractivity contribution is 0.451. The molecule has 0 unspecified atom stereocenters. The van der Waals surface area contributed by atoms with Crippen LogP contribution < -0.4 is 5.32 Å². The Morgan fingerprint density at radius 3 is 2.67 bits per heavy atom. The van der Waals surface area contributed by atoms with Gasteiger partial charge in [0.1, 0.15) is 0 Å². The van der Waals surface area contributed by atoms with Crippen LogP contribution in [-0.4, -0.2) is 23.8 Å². The average molecular weight is 281 g/mol. The van der Waals surface area contributed by atoms with Crippen LogP contribution in [0.3, 0.4) is 0 Å². The van der Waals surface area contributed by atoms with Gasteiger partial charge >= 0.3 is 0 Å². The second kappa shape index (κ2) is 6.50. The van der Waals surface area contributed by atoms with Crippen molar-refractivity contribution in [2.24, 2.45) is 0 Å². The molecule has 0 spiro atoms. The van der Waals surface area contributed by atoms with E-state index in [4.69, 9.17) is 4.42 Å². The lowest BCUT2D eigenvalue weighted by Crippen LogP contribution is -2.08. The van der Waals surface area contributed by atoms with Gasteiger partial charge in [-0.05, 0) is 36.3 Å². The molecule has 0 aliphatic heterocycles. The van der Waals surface area contributed by atoms with Crippen LogP contribution in [0.15, 0.2) is 46.9 Å². The van der Waals surface area contributed by atoms with Crippen LogP contribution in [0, 0.1) is 0 Å². The number of aromatic nitrogens is 2. The fraction of sp³-hybridized carbons (Fsp3) is 0.294. The number of hydrogen-bond acceptors (Lipinski definition) is 4. The monoisotopic (exact) mass is 281 g/mol. The number of nitrogens with one attached hydrogen (secondary N) is 1. The van der Waals surface area contributed by atoms with Crippen molar-refractivity contribution in [3.63, 3.8) is 0 Å². The van der Waals surface area contributed by atoms with Gasteiger partial charge in [-0.1, -0.05) is 42.5 Å². The van der Waals surface area contributed by atoms with E-state index in [-0.39, 0.29) is 0 Å². The number of benzene rings is 2. The minimum atomic E-state index is 0.684. The van der Waals surface area contributed by atoms with E-state index in [1.165, 1.54) is 16.3 Å². The van der Waals surface area contributed by atoms with E-state index in [2.05, 4.69) is 58.0 Å². The Morgan fingerprint density at radius 1 is 1.00 bits per heavy atom. The highest BCUT2D eigenvalue weighted by atomic mass is 16.4. The Bertz CT molecular complexity index is 721. The smallest absolute Gasteiger partial charge is 0.220 e. The molecular formula is C17H19N3O. The molecule has 108 valence electrons. The van der Waals surface area contributed by atoms with Crippen molar-refractivity contribution in [2.45, 2.75) is 19.3 Å². The topological polar surface area (TPSA) is 51.0 Å². The first-order valence-corrected chi connectivity index (χ1v) is 7.29. The first kappa shape index (κ1) is 13.8. The molecule has 0 aliphatic carbocycles. The van der Waals surface area contributed by atoms with Gasteiger partial charge in [0.15, 0.2) is 0 Å². The molecule has 1 N–H and O–H groups in total. The Morgan fingerprint density at radius 2 is 1.81 bits per heavy atom. The molecule has 4 heteroatoms. The summed E-state index contributed by atoms with van der Waals surface area (Å²) in [5, 5.41) is 13.8. The Hall–Kier alpha value is -2.20. The molecule has 0 saturated heterocycles. The average Bonchev–Trinajstić information content (AvgIpc) is 2.95. The number of rotatable bonds is 6. The first-order valence-electron chi connectivity index (χ1n) is 7.29. The fourth-order valence-electron chi connectivity index (χ4n) is 2.40. The predicted octanol–water partition coefficient (Wildman–Crippen LogP) is 2.97. The second-order valence-electron chi connectivity index (χ2n) is 5.15. The standard InChI is InChI=1S/C17H19N3O/c1-18-10-4-7-16-19-20-17(21-16)12-13-8-9-14-5-2-3-6-15(14)11-13/h2-3,5-6,8-9,11,18H,4,7,10,12H2,1H3. The summed E-state index contributed by atoms with van der Waals surface area (Å²) in [5.74, 6) is 1.41. The van der Waals surface area contributed by atoms with E-state index < -0.39 is 0 Å². The van der Waals surface area contributed by atoms with Gasteiger partial charge < -0.3 is 9.73 Å². The molecule has 4 nitrogen and oxygen atoms in total. The summed E-state index contributed by atoms with van der Waals surface area (Å²) in [6, 6.07) is 14.8. The fourth-order valence-corrected chi connectivity index (χ4v) is 2.40. The summed E-state index contributed by atoms with van der Waals surface area (Å²) in [6.07, 6.45) is 2.52. The normalized spacial score (nSPS) is 11.1. The van der Waals surface area contributed by atoms with E-state index in [1.54, 1.807) is 0 Å². The molecule has 0 bridgehead atoms. The molecule has 0 atom stereocenters. The highest BCUT2D eigenvalue weighted by Gasteiger charge is 2.07. The molecule has 0 saturated carbocycles. The van der Waals surface area contributed by atoms with Crippen LogP contribution in [0.1, 0.15) is 23.8 Å². The molecule has 21 heavy (non-hydrogen) atoms. The summed E-state index contributed by atoms with van der Waals surface area (Å²) in [7, 11) is 1.94. The summed E-state index contributed by atoms with van der Waals surface area (Å²) in [5.41, 5.74) is 1.19. The third-order valence-electron chi connectivity index (χ3n) is 3.50. The Labute approximate surface area is 124 Å². The molecule has 0 fully saturated rings. The van der Waals surface area contributed by atoms with E-state index in [0.717, 1.165) is 25.3 Å². The molecule has 2 aromatic carbocycles. The van der Waals surface area contributed by atoms with Gasteiger partial charge in [-0.2, -0.15) is 0 Å². The highest BCUT2D eigenvalue weighted by Crippen LogP contribution is 2.17. The van der Waals surface area contributed by atoms with Crippen LogP contribution >= 0.6 is 0 Å². The SMILES string of the molecule is CNCCCc1nnc(Cc2ccc3ccccc3c2)o1. The maximum Gasteiger partial charge on any atom is 0.220 e. The zero-order valence-corrected chi connectivity index (χ0v) is 12.2. The van der Waals surface area contributed by atoms with Gasteiger partial charge in [0.25, 0.3) is 0 Å². The molecule has 1 heterocycles. The zero-order chi connectivity index (χ0) is 14.5. The number of nitrogens with zero attached hydrogens (tertiary/aromatic N) is 2. The molecule has 0 aliphatic rings. The summed E-state index contributed by atoms with van der Waals surface area (Å²) < 4.78 is 5.70. The summed E-state index contributed by atoms with van der Waals surface area (Å²) >= 11 is 0. The van der Waals surface area contributed by atoms with Crippen molar-refractivity contribution >= 4 is 10.8 Å². The van der Waals surface area contributed by atoms with Crippen LogP contribution in [0.4, 0.5) is 0 Å². The maximum atomic E-state index is 5.70. The van der Waals surface area contributed by atoms with Gasteiger partial charge in [0, 0.05) is 6.42 Å². The molecule has 3 rings (SSSR count). The summed E-state index contributed by atoms with van der Waals surface area (Å²) in [6.45, 7) is 0.961. The minimum absolute atomic E-state index is 0.684. The van der Waals surface area contributed by atoms with Gasteiger partial charge in [-0.15, -0.1) is 10.2 Å². The van der Waals surface area contributed by atoms with Crippen LogP contribution in [0.2, 0.25) is 0 Å². The number of aryl methyl sites for hydroxylation is 1. The predicted molar refractivity (Wildman–Crippen MR) is 83.3 cm³/mol. The highest BCUT2D eigenvalue weighted by molar-refractivity contribution is 5.83. The third kappa shape index (κ3) is 3.47. The van der Waals surface area contributed by atoms with Crippen LogP contribution in [0.5, 0.6) is 0 Å². The lowest BCUT2D eigenvalue weighted by atomic mass is 10.1. The Balaban J connectivity index is 1.70. The third-order valence-corrected chi connectivity index (χ3v) is 3.50. The van der Waals surface area contributed by atoms with Gasteiger partial charge in [0.05, 0.1) is 6.42 Å².